The van der Waals surface area contributed by atoms with Crippen molar-refractivity contribution in [2.45, 2.75) is 12.8 Å². The summed E-state index contributed by atoms with van der Waals surface area (Å²) in [7, 11) is 0. The first kappa shape index (κ1) is 16.7. The van der Waals surface area contributed by atoms with Gasteiger partial charge in [-0.25, -0.2) is 14.6 Å². The number of carbonyl (C=O) groups is 1. The fraction of sp³-hybridized carbons (Fsp3) is 0.579. The molecular weight excluding hydrogens is 342 g/mol. The van der Waals surface area contributed by atoms with Gasteiger partial charge in [-0.15, -0.1) is 0 Å². The molecule has 3 aliphatic heterocycles. The van der Waals surface area contributed by atoms with Crippen molar-refractivity contribution in [2.24, 2.45) is 11.8 Å². The van der Waals surface area contributed by atoms with E-state index in [1.54, 1.807) is 17.2 Å². The average molecular weight is 367 g/mol. The van der Waals surface area contributed by atoms with Crippen LogP contribution in [0.25, 0.3) is 5.82 Å². The number of amides is 1. The van der Waals surface area contributed by atoms with Gasteiger partial charge in [-0.1, -0.05) is 0 Å². The van der Waals surface area contributed by atoms with Gasteiger partial charge in [-0.3, -0.25) is 4.79 Å². The summed E-state index contributed by atoms with van der Waals surface area (Å²) >= 11 is 0. The minimum atomic E-state index is 0.331. The third-order valence-electron chi connectivity index (χ3n) is 6.12. The predicted octanol–water partition coefficient (Wildman–Crippen LogP) is 0.653. The van der Waals surface area contributed by atoms with Crippen molar-refractivity contribution >= 4 is 11.7 Å². The molecule has 2 atom stereocenters. The molecule has 2 aromatic rings. The molecule has 8 heteroatoms. The number of rotatable bonds is 5. The smallest absolute Gasteiger partial charge is 0.222 e. The van der Waals surface area contributed by atoms with Gasteiger partial charge in [0.15, 0.2) is 5.82 Å². The Bertz CT molecular complexity index is 794. The Kier molecular flexibility index (Phi) is 4.27. The van der Waals surface area contributed by atoms with Crippen LogP contribution in [0, 0.1) is 11.8 Å². The largest absolute Gasteiger partial charge is 0.356 e. The lowest BCUT2D eigenvalue weighted by Crippen LogP contribution is -2.36. The van der Waals surface area contributed by atoms with Crippen LogP contribution in [0.2, 0.25) is 0 Å². The Hall–Kier alpha value is -2.48. The Morgan fingerprint density at radius 1 is 1.04 bits per heavy atom. The molecule has 3 saturated heterocycles. The van der Waals surface area contributed by atoms with E-state index in [1.807, 2.05) is 23.2 Å². The van der Waals surface area contributed by atoms with Crippen LogP contribution >= 0.6 is 0 Å². The highest BCUT2D eigenvalue weighted by Gasteiger charge is 2.40. The summed E-state index contributed by atoms with van der Waals surface area (Å²) in [5.41, 5.74) is 0. The van der Waals surface area contributed by atoms with Gasteiger partial charge in [-0.2, -0.15) is 5.10 Å². The topological polar surface area (TPSA) is 70.4 Å². The zero-order chi connectivity index (χ0) is 18.2. The highest BCUT2D eigenvalue weighted by atomic mass is 16.2. The Morgan fingerprint density at radius 3 is 2.56 bits per heavy atom. The third kappa shape index (κ3) is 3.29. The summed E-state index contributed by atoms with van der Waals surface area (Å²) in [5.74, 6) is 3.49. The summed E-state index contributed by atoms with van der Waals surface area (Å²) in [5, 5.41) is 4.25. The lowest BCUT2D eigenvalue weighted by Gasteiger charge is -2.24. The van der Waals surface area contributed by atoms with Gasteiger partial charge in [0.1, 0.15) is 12.1 Å². The van der Waals surface area contributed by atoms with Gasteiger partial charge in [0.05, 0.1) is 0 Å². The SMILES string of the molecule is O=C1CCCN1CCN1CC2CN(c3cc(-n4cccn4)ncn3)CC2C1. The summed E-state index contributed by atoms with van der Waals surface area (Å²) in [4.78, 5) is 27.5. The van der Waals surface area contributed by atoms with Gasteiger partial charge in [0.2, 0.25) is 5.91 Å². The Morgan fingerprint density at radius 2 is 1.85 bits per heavy atom. The molecule has 0 aliphatic carbocycles. The second kappa shape index (κ2) is 6.92. The van der Waals surface area contributed by atoms with Crippen molar-refractivity contribution in [1.82, 2.24) is 29.5 Å². The van der Waals surface area contributed by atoms with Gasteiger partial charge in [-0.05, 0) is 24.3 Å². The molecule has 0 saturated carbocycles. The maximum Gasteiger partial charge on any atom is 0.222 e. The summed E-state index contributed by atoms with van der Waals surface area (Å²) < 4.78 is 1.77. The monoisotopic (exact) mass is 367 g/mol. The van der Waals surface area contributed by atoms with E-state index in [2.05, 4.69) is 24.9 Å². The molecule has 142 valence electrons. The minimum absolute atomic E-state index is 0.331. The van der Waals surface area contributed by atoms with Crippen LogP contribution in [-0.4, -0.2) is 81.3 Å². The van der Waals surface area contributed by atoms with Gasteiger partial charge >= 0.3 is 0 Å². The molecule has 0 aromatic carbocycles. The molecule has 3 aliphatic rings. The third-order valence-corrected chi connectivity index (χ3v) is 6.12. The van der Waals surface area contributed by atoms with E-state index in [4.69, 9.17) is 0 Å². The van der Waals surface area contributed by atoms with Crippen molar-refractivity contribution in [3.05, 3.63) is 30.9 Å². The Labute approximate surface area is 158 Å². The maximum absolute atomic E-state index is 11.8. The van der Waals surface area contributed by atoms with E-state index in [0.717, 1.165) is 70.3 Å². The quantitative estimate of drug-likeness (QED) is 0.773. The number of fused-ring (bicyclic) bond motifs is 1. The zero-order valence-electron chi connectivity index (χ0n) is 15.4. The molecule has 0 N–H and O–H groups in total. The average Bonchev–Trinajstić information content (AvgIpc) is 3.44. The van der Waals surface area contributed by atoms with Gasteiger partial charge < -0.3 is 14.7 Å². The fourth-order valence-electron chi connectivity index (χ4n) is 4.70. The molecule has 5 rings (SSSR count). The van der Waals surface area contributed by atoms with Crippen LogP contribution in [0.4, 0.5) is 5.82 Å². The minimum Gasteiger partial charge on any atom is -0.356 e. The van der Waals surface area contributed by atoms with E-state index in [1.165, 1.54) is 0 Å². The molecule has 8 nitrogen and oxygen atoms in total. The highest BCUT2D eigenvalue weighted by Crippen LogP contribution is 2.33. The van der Waals surface area contributed by atoms with E-state index < -0.39 is 0 Å². The lowest BCUT2D eigenvalue weighted by atomic mass is 10.0. The number of hydrogen-bond acceptors (Lipinski definition) is 6. The fourth-order valence-corrected chi connectivity index (χ4v) is 4.70. The van der Waals surface area contributed by atoms with Crippen molar-refractivity contribution in [3.63, 3.8) is 0 Å². The maximum atomic E-state index is 11.8. The first-order chi connectivity index (χ1) is 13.3. The van der Waals surface area contributed by atoms with Crippen LogP contribution in [0.15, 0.2) is 30.9 Å². The highest BCUT2D eigenvalue weighted by molar-refractivity contribution is 5.78. The number of hydrogen-bond donors (Lipinski definition) is 0. The zero-order valence-corrected chi connectivity index (χ0v) is 15.4. The number of likely N-dealkylation sites (tertiary alicyclic amines) is 2. The van der Waals surface area contributed by atoms with Crippen molar-refractivity contribution in [2.75, 3.05) is 50.7 Å². The molecule has 0 bridgehead atoms. The summed E-state index contributed by atoms with van der Waals surface area (Å²) in [6.07, 6.45) is 7.04. The molecule has 27 heavy (non-hydrogen) atoms. The molecule has 2 unspecified atom stereocenters. The molecule has 0 radical (unpaired) electrons. The van der Waals surface area contributed by atoms with E-state index >= 15 is 0 Å². The first-order valence-corrected chi connectivity index (χ1v) is 9.83. The number of aromatic nitrogens is 4. The summed E-state index contributed by atoms with van der Waals surface area (Å²) in [6.45, 7) is 7.18. The first-order valence-electron chi connectivity index (χ1n) is 9.83. The lowest BCUT2D eigenvalue weighted by molar-refractivity contribution is -0.127. The van der Waals surface area contributed by atoms with Gasteiger partial charge in [0, 0.05) is 70.7 Å². The summed E-state index contributed by atoms with van der Waals surface area (Å²) in [6, 6.07) is 3.91. The molecule has 5 heterocycles. The van der Waals surface area contributed by atoms with E-state index in [0.29, 0.717) is 17.7 Å². The van der Waals surface area contributed by atoms with Crippen molar-refractivity contribution in [3.8, 4) is 5.82 Å². The normalized spacial score (nSPS) is 25.6. The van der Waals surface area contributed by atoms with Crippen molar-refractivity contribution in [1.29, 1.82) is 0 Å². The van der Waals surface area contributed by atoms with Crippen LogP contribution in [0.3, 0.4) is 0 Å². The molecular formula is C19H25N7O. The number of anilines is 1. The van der Waals surface area contributed by atoms with Crippen LogP contribution in [0.1, 0.15) is 12.8 Å². The molecule has 3 fully saturated rings. The number of nitrogens with zero attached hydrogens (tertiary/aromatic N) is 7. The molecule has 0 spiro atoms. The molecule has 1 amide bonds. The van der Waals surface area contributed by atoms with Crippen LogP contribution in [0.5, 0.6) is 0 Å². The number of carbonyl (C=O) groups excluding carboxylic acids is 1. The van der Waals surface area contributed by atoms with E-state index in [9.17, 15) is 4.79 Å². The van der Waals surface area contributed by atoms with Crippen molar-refractivity contribution < 1.29 is 4.79 Å². The van der Waals surface area contributed by atoms with Gasteiger partial charge in [0.25, 0.3) is 0 Å². The Balaban J connectivity index is 1.18. The molecule has 2 aromatic heterocycles. The van der Waals surface area contributed by atoms with Crippen LogP contribution < -0.4 is 4.90 Å². The van der Waals surface area contributed by atoms with E-state index in [-0.39, 0.29) is 0 Å². The second-order valence-corrected chi connectivity index (χ2v) is 7.85. The predicted molar refractivity (Wildman–Crippen MR) is 101 cm³/mol. The standard InChI is InChI=1S/C19H25N7O/c27-19-3-1-5-24(19)8-7-23-10-15-12-25(13-16(15)11-23)17-9-18(21-14-20-17)26-6-2-4-22-26/h2,4,6,9,14-16H,1,3,5,7-8,10-13H2. The second-order valence-electron chi connectivity index (χ2n) is 7.85. The van der Waals surface area contributed by atoms with Crippen LogP contribution in [-0.2, 0) is 4.79 Å².